The third-order valence-corrected chi connectivity index (χ3v) is 2.30. The Morgan fingerprint density at radius 2 is 1.40 bits per heavy atom. The Labute approximate surface area is 63.4 Å². The van der Waals surface area contributed by atoms with Gasteiger partial charge in [0.1, 0.15) is 0 Å². The lowest BCUT2D eigenvalue weighted by molar-refractivity contribution is 0.307. The zero-order valence-electron chi connectivity index (χ0n) is 6.98. The van der Waals surface area contributed by atoms with Gasteiger partial charge in [0.2, 0.25) is 0 Å². The average Bonchev–Trinajstić information content (AvgIpc) is 2.04. The van der Waals surface area contributed by atoms with Gasteiger partial charge in [-0.25, -0.2) is 0 Å². The van der Waals surface area contributed by atoms with E-state index in [1.165, 1.54) is 12.8 Å². The van der Waals surface area contributed by atoms with Gasteiger partial charge >= 0.3 is 0 Å². The van der Waals surface area contributed by atoms with E-state index >= 15 is 0 Å². The molecule has 2 atom stereocenters. The van der Waals surface area contributed by atoms with Crippen molar-refractivity contribution in [3.8, 4) is 0 Å². The topological polar surface area (TPSA) is 24.1 Å². The third-order valence-electron chi connectivity index (χ3n) is 2.30. The summed E-state index contributed by atoms with van der Waals surface area (Å²) in [6, 6.07) is 1.41. The van der Waals surface area contributed by atoms with Crippen molar-refractivity contribution >= 4 is 0 Å². The van der Waals surface area contributed by atoms with E-state index < -0.39 is 0 Å². The van der Waals surface area contributed by atoms with E-state index in [2.05, 4.69) is 24.5 Å². The smallest absolute Gasteiger partial charge is 0.0219 e. The van der Waals surface area contributed by atoms with Crippen molar-refractivity contribution in [3.63, 3.8) is 0 Å². The molecule has 0 spiro atoms. The van der Waals surface area contributed by atoms with Crippen LogP contribution in [0.15, 0.2) is 0 Å². The van der Waals surface area contributed by atoms with Gasteiger partial charge in [0.05, 0.1) is 0 Å². The summed E-state index contributed by atoms with van der Waals surface area (Å²) in [7, 11) is 0. The predicted octanol–water partition coefficient (Wildman–Crippen LogP) is 0.736. The van der Waals surface area contributed by atoms with Crippen LogP contribution in [0.25, 0.3) is 0 Å². The highest BCUT2D eigenvalue weighted by Crippen LogP contribution is 2.05. The quantitative estimate of drug-likeness (QED) is 0.594. The average molecular weight is 142 g/mol. The highest BCUT2D eigenvalue weighted by Gasteiger charge is 2.19. The second-order valence-electron chi connectivity index (χ2n) is 2.94. The first-order valence-corrected chi connectivity index (χ1v) is 4.35. The maximum Gasteiger partial charge on any atom is 0.0219 e. The molecule has 0 aliphatic carbocycles. The van der Waals surface area contributed by atoms with E-state index in [0.29, 0.717) is 12.1 Å². The Morgan fingerprint density at radius 3 is 1.70 bits per heavy atom. The minimum atomic E-state index is 0.707. The number of nitrogens with one attached hydrogen (secondary N) is 2. The van der Waals surface area contributed by atoms with Gasteiger partial charge in [-0.15, -0.1) is 0 Å². The lowest BCUT2D eigenvalue weighted by atomic mass is 10.0. The normalized spacial score (nSPS) is 34.2. The summed E-state index contributed by atoms with van der Waals surface area (Å²) in [6.45, 7) is 6.75. The van der Waals surface area contributed by atoms with Crippen molar-refractivity contribution in [1.29, 1.82) is 0 Å². The molecule has 2 N–H and O–H groups in total. The van der Waals surface area contributed by atoms with Crippen LogP contribution in [-0.4, -0.2) is 25.2 Å². The van der Waals surface area contributed by atoms with Gasteiger partial charge in [0.25, 0.3) is 0 Å². The van der Waals surface area contributed by atoms with Gasteiger partial charge in [-0.2, -0.15) is 0 Å². The molecule has 0 amide bonds. The highest BCUT2D eigenvalue weighted by atomic mass is 15.1. The van der Waals surface area contributed by atoms with Crippen LogP contribution in [0.4, 0.5) is 0 Å². The molecule has 1 fully saturated rings. The number of rotatable bonds is 2. The largest absolute Gasteiger partial charge is 0.311 e. The minimum absolute atomic E-state index is 0.707. The van der Waals surface area contributed by atoms with Gasteiger partial charge < -0.3 is 10.6 Å². The molecule has 1 rings (SSSR count). The molecule has 2 heteroatoms. The molecule has 60 valence electrons. The van der Waals surface area contributed by atoms with Gasteiger partial charge in [-0.3, -0.25) is 0 Å². The van der Waals surface area contributed by atoms with E-state index in [1.807, 2.05) is 0 Å². The summed E-state index contributed by atoms with van der Waals surface area (Å²) in [4.78, 5) is 0. The van der Waals surface area contributed by atoms with Crippen molar-refractivity contribution in [2.45, 2.75) is 38.8 Å². The molecule has 0 aromatic carbocycles. The lowest BCUT2D eigenvalue weighted by Crippen LogP contribution is -2.55. The van der Waals surface area contributed by atoms with E-state index in [9.17, 15) is 0 Å². The minimum Gasteiger partial charge on any atom is -0.311 e. The maximum absolute atomic E-state index is 3.51. The Hall–Kier alpha value is -0.0800. The second-order valence-corrected chi connectivity index (χ2v) is 2.94. The maximum atomic E-state index is 3.51. The van der Waals surface area contributed by atoms with Crippen molar-refractivity contribution in [2.24, 2.45) is 0 Å². The van der Waals surface area contributed by atoms with E-state index in [0.717, 1.165) is 13.1 Å². The van der Waals surface area contributed by atoms with Gasteiger partial charge in [-0.05, 0) is 12.8 Å². The summed E-state index contributed by atoms with van der Waals surface area (Å²) in [5.74, 6) is 0. The molecule has 2 nitrogen and oxygen atoms in total. The van der Waals surface area contributed by atoms with Crippen LogP contribution >= 0.6 is 0 Å². The van der Waals surface area contributed by atoms with Crippen LogP contribution in [0.2, 0.25) is 0 Å². The number of hydrogen-bond acceptors (Lipinski definition) is 2. The fourth-order valence-corrected chi connectivity index (χ4v) is 1.66. The number of hydrogen-bond donors (Lipinski definition) is 2. The molecule has 1 saturated heterocycles. The molecule has 10 heavy (non-hydrogen) atoms. The van der Waals surface area contributed by atoms with Crippen molar-refractivity contribution in [1.82, 2.24) is 10.6 Å². The molecule has 1 unspecified atom stereocenters. The molecule has 0 aromatic heterocycles. The van der Waals surface area contributed by atoms with Crippen LogP contribution in [0.1, 0.15) is 26.7 Å². The van der Waals surface area contributed by atoms with Crippen molar-refractivity contribution in [2.75, 3.05) is 13.1 Å². The van der Waals surface area contributed by atoms with Gasteiger partial charge in [0, 0.05) is 25.2 Å². The zero-order valence-corrected chi connectivity index (χ0v) is 6.98. The third kappa shape index (κ3) is 1.70. The van der Waals surface area contributed by atoms with Crippen molar-refractivity contribution in [3.05, 3.63) is 0 Å². The monoisotopic (exact) mass is 142 g/mol. The van der Waals surface area contributed by atoms with Crippen molar-refractivity contribution < 1.29 is 0 Å². The van der Waals surface area contributed by atoms with Crippen LogP contribution in [0.3, 0.4) is 0 Å². The van der Waals surface area contributed by atoms with E-state index in [-0.39, 0.29) is 0 Å². The van der Waals surface area contributed by atoms with Gasteiger partial charge in [-0.1, -0.05) is 13.8 Å². The molecule has 1 aliphatic heterocycles. The van der Waals surface area contributed by atoms with Crippen LogP contribution in [0.5, 0.6) is 0 Å². The molecular formula is C8H18N2. The predicted molar refractivity (Wildman–Crippen MR) is 44.2 cm³/mol. The Kier molecular flexibility index (Phi) is 3.16. The summed E-state index contributed by atoms with van der Waals surface area (Å²) >= 11 is 0. The fourth-order valence-electron chi connectivity index (χ4n) is 1.66. The summed E-state index contributed by atoms with van der Waals surface area (Å²) in [6.07, 6.45) is 2.48. The standard InChI is InChI=1S/C8H18N2/c1-3-7-8(4-2)10-6-5-9-7/h7-10H,3-6H2,1-2H3/t7-,8?/m1/s1. The summed E-state index contributed by atoms with van der Waals surface area (Å²) in [5, 5.41) is 7.01. The molecule has 0 aromatic rings. The van der Waals surface area contributed by atoms with E-state index in [4.69, 9.17) is 0 Å². The zero-order chi connectivity index (χ0) is 7.40. The molecule has 0 radical (unpaired) electrons. The van der Waals surface area contributed by atoms with Crippen LogP contribution in [0, 0.1) is 0 Å². The second kappa shape index (κ2) is 3.94. The van der Waals surface area contributed by atoms with E-state index in [1.54, 1.807) is 0 Å². The molecule has 0 bridgehead atoms. The first-order valence-electron chi connectivity index (χ1n) is 4.35. The lowest BCUT2D eigenvalue weighted by Gasteiger charge is -2.32. The first-order chi connectivity index (χ1) is 4.88. The molecular weight excluding hydrogens is 124 g/mol. The summed E-state index contributed by atoms with van der Waals surface area (Å²) < 4.78 is 0. The first kappa shape index (κ1) is 8.02. The Morgan fingerprint density at radius 1 is 1.00 bits per heavy atom. The summed E-state index contributed by atoms with van der Waals surface area (Å²) in [5.41, 5.74) is 0. The Bertz CT molecular complexity index is 81.3. The fraction of sp³-hybridized carbons (Fsp3) is 1.00. The molecule has 1 heterocycles. The van der Waals surface area contributed by atoms with Crippen LogP contribution in [-0.2, 0) is 0 Å². The SMILES string of the molecule is CCC1NCCN[C@@H]1CC. The molecule has 0 saturated carbocycles. The number of piperazine rings is 1. The van der Waals surface area contributed by atoms with Crippen LogP contribution < -0.4 is 10.6 Å². The Balaban J connectivity index is 2.34. The van der Waals surface area contributed by atoms with Gasteiger partial charge in [0.15, 0.2) is 0 Å². The highest BCUT2D eigenvalue weighted by molar-refractivity contribution is 4.84. The molecule has 1 aliphatic rings.